The smallest absolute Gasteiger partial charge is 0.140 e. The summed E-state index contributed by atoms with van der Waals surface area (Å²) in [5, 5.41) is 9.79. The van der Waals surface area contributed by atoms with Crippen molar-refractivity contribution in [2.24, 2.45) is 0 Å². The largest absolute Gasteiger partial charge is 0.494 e. The first-order chi connectivity index (χ1) is 10.6. The Hall–Kier alpha value is -1.85. The Bertz CT molecular complexity index is 810. The molecule has 1 N–H and O–H groups in total. The SMILES string of the molecule is CCOc1ccc(-c2nc3c(C)cc(Br)cn3c2CO)cc1. The lowest BCUT2D eigenvalue weighted by molar-refractivity contribution is 0.276. The zero-order chi connectivity index (χ0) is 15.7. The Kier molecular flexibility index (Phi) is 4.18. The van der Waals surface area contributed by atoms with Gasteiger partial charge in [-0.25, -0.2) is 4.98 Å². The first kappa shape index (κ1) is 15.1. The Morgan fingerprint density at radius 2 is 2.00 bits per heavy atom. The molecule has 2 aromatic heterocycles. The molecule has 1 aromatic carbocycles. The summed E-state index contributed by atoms with van der Waals surface area (Å²) >= 11 is 3.49. The molecule has 5 heteroatoms. The summed E-state index contributed by atoms with van der Waals surface area (Å²) in [4.78, 5) is 4.71. The molecular weight excluding hydrogens is 344 g/mol. The van der Waals surface area contributed by atoms with Gasteiger partial charge < -0.3 is 9.84 Å². The highest BCUT2D eigenvalue weighted by molar-refractivity contribution is 9.10. The van der Waals surface area contributed by atoms with Gasteiger partial charge in [-0.2, -0.15) is 0 Å². The number of hydrogen-bond acceptors (Lipinski definition) is 3. The highest BCUT2D eigenvalue weighted by Crippen LogP contribution is 2.28. The first-order valence-electron chi connectivity index (χ1n) is 7.15. The van der Waals surface area contributed by atoms with Gasteiger partial charge >= 0.3 is 0 Å². The molecule has 0 radical (unpaired) electrons. The summed E-state index contributed by atoms with van der Waals surface area (Å²) in [6.07, 6.45) is 1.93. The van der Waals surface area contributed by atoms with Gasteiger partial charge in [0.05, 0.1) is 24.6 Å². The number of rotatable bonds is 4. The Balaban J connectivity index is 2.15. The molecule has 3 aromatic rings. The van der Waals surface area contributed by atoms with Crippen LogP contribution in [0.15, 0.2) is 41.0 Å². The van der Waals surface area contributed by atoms with Crippen LogP contribution >= 0.6 is 15.9 Å². The Morgan fingerprint density at radius 1 is 1.27 bits per heavy atom. The number of pyridine rings is 1. The molecule has 3 rings (SSSR count). The number of aryl methyl sites for hydroxylation is 1. The normalized spacial score (nSPS) is 11.1. The van der Waals surface area contributed by atoms with E-state index in [0.29, 0.717) is 6.61 Å². The van der Waals surface area contributed by atoms with E-state index in [1.54, 1.807) is 0 Å². The first-order valence-corrected chi connectivity index (χ1v) is 7.94. The van der Waals surface area contributed by atoms with Crippen LogP contribution in [0.5, 0.6) is 5.75 Å². The van der Waals surface area contributed by atoms with Gasteiger partial charge in [0, 0.05) is 16.2 Å². The second kappa shape index (κ2) is 6.10. The van der Waals surface area contributed by atoms with Crippen LogP contribution < -0.4 is 4.74 Å². The van der Waals surface area contributed by atoms with Crippen molar-refractivity contribution in [1.82, 2.24) is 9.38 Å². The molecule has 22 heavy (non-hydrogen) atoms. The summed E-state index contributed by atoms with van der Waals surface area (Å²) < 4.78 is 8.36. The van der Waals surface area contributed by atoms with Crippen molar-refractivity contribution >= 4 is 21.6 Å². The number of hydrogen-bond donors (Lipinski definition) is 1. The van der Waals surface area contributed by atoms with Gasteiger partial charge in [0.2, 0.25) is 0 Å². The highest BCUT2D eigenvalue weighted by Gasteiger charge is 2.15. The lowest BCUT2D eigenvalue weighted by Gasteiger charge is -2.05. The van der Waals surface area contributed by atoms with Gasteiger partial charge in [0.25, 0.3) is 0 Å². The molecule has 0 spiro atoms. The van der Waals surface area contributed by atoms with Crippen LogP contribution in [0, 0.1) is 6.92 Å². The lowest BCUT2D eigenvalue weighted by Crippen LogP contribution is -1.95. The number of aromatic nitrogens is 2. The van der Waals surface area contributed by atoms with Crippen molar-refractivity contribution in [3.63, 3.8) is 0 Å². The molecule has 0 aliphatic heterocycles. The van der Waals surface area contributed by atoms with Crippen molar-refractivity contribution < 1.29 is 9.84 Å². The fraction of sp³-hybridized carbons (Fsp3) is 0.235. The van der Waals surface area contributed by atoms with E-state index in [1.807, 2.05) is 54.8 Å². The van der Waals surface area contributed by atoms with E-state index in [-0.39, 0.29) is 6.61 Å². The van der Waals surface area contributed by atoms with Crippen LogP contribution in [0.4, 0.5) is 0 Å². The number of halogens is 1. The third-order valence-corrected chi connectivity index (χ3v) is 3.99. The van der Waals surface area contributed by atoms with Crippen molar-refractivity contribution in [3.05, 3.63) is 52.3 Å². The monoisotopic (exact) mass is 360 g/mol. The molecule has 0 unspecified atom stereocenters. The van der Waals surface area contributed by atoms with Crippen molar-refractivity contribution in [2.45, 2.75) is 20.5 Å². The number of fused-ring (bicyclic) bond motifs is 1. The predicted octanol–water partition coefficient (Wildman–Crippen LogP) is 3.96. The number of aliphatic hydroxyl groups excluding tert-OH is 1. The molecule has 2 heterocycles. The van der Waals surface area contributed by atoms with Gasteiger partial charge in [0.1, 0.15) is 11.4 Å². The van der Waals surface area contributed by atoms with Gasteiger partial charge in [-0.1, -0.05) is 0 Å². The van der Waals surface area contributed by atoms with E-state index in [0.717, 1.165) is 38.4 Å². The minimum absolute atomic E-state index is 0.0698. The fourth-order valence-electron chi connectivity index (χ4n) is 2.57. The highest BCUT2D eigenvalue weighted by atomic mass is 79.9. The second-order valence-electron chi connectivity index (χ2n) is 5.06. The lowest BCUT2D eigenvalue weighted by atomic mass is 10.1. The third-order valence-electron chi connectivity index (χ3n) is 3.56. The number of aliphatic hydroxyl groups is 1. The van der Waals surface area contributed by atoms with Crippen LogP contribution in [0.25, 0.3) is 16.9 Å². The summed E-state index contributed by atoms with van der Waals surface area (Å²) in [6.45, 7) is 4.54. The molecule has 0 atom stereocenters. The van der Waals surface area contributed by atoms with E-state index < -0.39 is 0 Å². The minimum atomic E-state index is -0.0698. The van der Waals surface area contributed by atoms with Crippen LogP contribution in [0.3, 0.4) is 0 Å². The maximum Gasteiger partial charge on any atom is 0.140 e. The number of ether oxygens (including phenoxy) is 1. The minimum Gasteiger partial charge on any atom is -0.494 e. The van der Waals surface area contributed by atoms with E-state index in [4.69, 9.17) is 9.72 Å². The average Bonchev–Trinajstić information content (AvgIpc) is 2.87. The van der Waals surface area contributed by atoms with Crippen molar-refractivity contribution in [1.29, 1.82) is 0 Å². The maximum atomic E-state index is 9.79. The summed E-state index contributed by atoms with van der Waals surface area (Å²) in [6, 6.07) is 9.80. The molecule has 0 amide bonds. The van der Waals surface area contributed by atoms with Crippen molar-refractivity contribution in [3.8, 4) is 17.0 Å². The molecule has 0 saturated heterocycles. The van der Waals surface area contributed by atoms with E-state index >= 15 is 0 Å². The van der Waals surface area contributed by atoms with Gasteiger partial charge in [-0.15, -0.1) is 0 Å². The standard InChI is InChI=1S/C17H17BrN2O2/c1-3-22-14-6-4-12(5-7-14)16-15(10-21)20-9-13(18)8-11(2)17(20)19-16/h4-9,21H,3,10H2,1-2H3. The van der Waals surface area contributed by atoms with Crippen LogP contribution in [-0.4, -0.2) is 21.1 Å². The predicted molar refractivity (Wildman–Crippen MR) is 90.2 cm³/mol. The molecule has 4 nitrogen and oxygen atoms in total. The fourth-order valence-corrected chi connectivity index (χ4v) is 3.12. The van der Waals surface area contributed by atoms with Gasteiger partial charge in [0.15, 0.2) is 0 Å². The Labute approximate surface area is 137 Å². The molecule has 0 aliphatic rings. The summed E-state index contributed by atoms with van der Waals surface area (Å²) in [5.41, 5.74) is 4.46. The quantitative estimate of drug-likeness (QED) is 0.765. The van der Waals surface area contributed by atoms with Crippen molar-refractivity contribution in [2.75, 3.05) is 6.61 Å². The van der Waals surface area contributed by atoms with E-state index in [9.17, 15) is 5.11 Å². The van der Waals surface area contributed by atoms with Gasteiger partial charge in [-0.3, -0.25) is 4.40 Å². The summed E-state index contributed by atoms with van der Waals surface area (Å²) in [7, 11) is 0. The van der Waals surface area contributed by atoms with Gasteiger partial charge in [-0.05, 0) is 65.7 Å². The molecule has 0 aliphatic carbocycles. The second-order valence-corrected chi connectivity index (χ2v) is 5.97. The average molecular weight is 361 g/mol. The number of imidazole rings is 1. The third kappa shape index (κ3) is 2.62. The van der Waals surface area contributed by atoms with E-state index in [2.05, 4.69) is 15.9 Å². The number of nitrogens with zero attached hydrogens (tertiary/aromatic N) is 2. The van der Waals surface area contributed by atoms with Crippen LogP contribution in [-0.2, 0) is 6.61 Å². The van der Waals surface area contributed by atoms with Crippen LogP contribution in [0.1, 0.15) is 18.2 Å². The molecule has 0 saturated carbocycles. The topological polar surface area (TPSA) is 46.8 Å². The zero-order valence-electron chi connectivity index (χ0n) is 12.5. The van der Waals surface area contributed by atoms with Crippen LogP contribution in [0.2, 0.25) is 0 Å². The van der Waals surface area contributed by atoms with E-state index in [1.165, 1.54) is 0 Å². The Morgan fingerprint density at radius 3 is 2.64 bits per heavy atom. The summed E-state index contributed by atoms with van der Waals surface area (Å²) in [5.74, 6) is 0.833. The molecule has 0 bridgehead atoms. The zero-order valence-corrected chi connectivity index (χ0v) is 14.1. The molecular formula is C17H17BrN2O2. The molecule has 0 fully saturated rings. The number of benzene rings is 1. The maximum absolute atomic E-state index is 9.79. The molecule has 114 valence electrons.